The van der Waals surface area contributed by atoms with E-state index < -0.39 is 0 Å². The van der Waals surface area contributed by atoms with Gasteiger partial charge in [0.15, 0.2) is 0 Å². The van der Waals surface area contributed by atoms with Crippen LogP contribution >= 0.6 is 11.6 Å². The summed E-state index contributed by atoms with van der Waals surface area (Å²) in [6.07, 6.45) is 7.02. The molecule has 1 heteroatoms. The van der Waals surface area contributed by atoms with Crippen molar-refractivity contribution in [1.29, 1.82) is 0 Å². The quantitative estimate of drug-likeness (QED) is 0.641. The first-order valence-electron chi connectivity index (χ1n) is 5.25. The summed E-state index contributed by atoms with van der Waals surface area (Å²) in [5.74, 6) is 0.728. The zero-order valence-electron chi connectivity index (χ0n) is 8.30. The van der Waals surface area contributed by atoms with Crippen LogP contribution in [0.4, 0.5) is 0 Å². The van der Waals surface area contributed by atoms with Gasteiger partial charge in [0.2, 0.25) is 0 Å². The van der Waals surface area contributed by atoms with Gasteiger partial charge in [-0.1, -0.05) is 30.3 Å². The van der Waals surface area contributed by atoms with Crippen molar-refractivity contribution in [3.8, 4) is 0 Å². The number of aryl methyl sites for hydroxylation is 1. The average molecular weight is 207 g/mol. The normalized spacial score (nSPS) is 18.2. The van der Waals surface area contributed by atoms with Crippen LogP contribution in [0.5, 0.6) is 0 Å². The number of fused-ring (bicyclic) bond motifs is 1. The molecule has 0 amide bonds. The molecule has 0 heterocycles. The Bertz CT molecular complexity index is 339. The highest BCUT2D eigenvalue weighted by Crippen LogP contribution is 2.30. The zero-order chi connectivity index (χ0) is 9.80. The minimum Gasteiger partial charge on any atom is -0.126 e. The number of benzene rings is 1. The number of halogens is 1. The molecule has 0 radical (unpaired) electrons. The third-order valence-electron chi connectivity index (χ3n) is 2.76. The smallest absolute Gasteiger partial charge is 0.0258 e. The summed E-state index contributed by atoms with van der Waals surface area (Å²) in [6.45, 7) is 0. The molecule has 1 aromatic rings. The Hall–Kier alpha value is -0.750. The molecule has 74 valence electrons. The van der Waals surface area contributed by atoms with E-state index in [-0.39, 0.29) is 0 Å². The molecule has 0 atom stereocenters. The Morgan fingerprint density at radius 3 is 2.93 bits per heavy atom. The molecule has 1 aliphatic carbocycles. The fourth-order valence-electron chi connectivity index (χ4n) is 2.10. The minimum atomic E-state index is 0.728. The molecule has 2 rings (SSSR count). The second-order valence-electron chi connectivity index (χ2n) is 3.72. The van der Waals surface area contributed by atoms with Gasteiger partial charge in [-0.3, -0.25) is 0 Å². The van der Waals surface area contributed by atoms with Gasteiger partial charge in [-0.25, -0.2) is 0 Å². The van der Waals surface area contributed by atoms with Crippen molar-refractivity contribution in [2.24, 2.45) is 0 Å². The lowest BCUT2D eigenvalue weighted by Crippen LogP contribution is -2.01. The molecule has 0 nitrogen and oxygen atoms in total. The van der Waals surface area contributed by atoms with Crippen molar-refractivity contribution in [3.63, 3.8) is 0 Å². The summed E-state index contributed by atoms with van der Waals surface area (Å²) in [7, 11) is 0. The van der Waals surface area contributed by atoms with Crippen LogP contribution in [0.1, 0.15) is 30.4 Å². The van der Waals surface area contributed by atoms with E-state index in [0.29, 0.717) is 0 Å². The fraction of sp³-hybridized carbons (Fsp3) is 0.385. The molecule has 14 heavy (non-hydrogen) atoms. The lowest BCUT2D eigenvalue weighted by molar-refractivity contribution is 0.820. The average Bonchev–Trinajstić information content (AvgIpc) is 2.26. The zero-order valence-corrected chi connectivity index (χ0v) is 9.06. The lowest BCUT2D eigenvalue weighted by atomic mass is 9.87. The predicted molar refractivity (Wildman–Crippen MR) is 62.7 cm³/mol. The molecule has 0 spiro atoms. The van der Waals surface area contributed by atoms with E-state index in [2.05, 4.69) is 30.3 Å². The molecular formula is C13H15Cl. The van der Waals surface area contributed by atoms with E-state index in [4.69, 9.17) is 11.6 Å². The third kappa shape index (κ3) is 2.01. The summed E-state index contributed by atoms with van der Waals surface area (Å²) >= 11 is 5.70. The van der Waals surface area contributed by atoms with Crippen LogP contribution in [0, 0.1) is 0 Å². The van der Waals surface area contributed by atoms with Gasteiger partial charge in [-0.2, -0.15) is 0 Å². The van der Waals surface area contributed by atoms with Gasteiger partial charge in [0.05, 0.1) is 0 Å². The van der Waals surface area contributed by atoms with Crippen LogP contribution in [0.25, 0.3) is 5.57 Å². The molecule has 1 aliphatic rings. The van der Waals surface area contributed by atoms with Crippen LogP contribution in [-0.4, -0.2) is 5.88 Å². The number of allylic oxidation sites excluding steroid dienone is 2. The Labute approximate surface area is 90.6 Å². The van der Waals surface area contributed by atoms with Crippen LogP contribution in [0.15, 0.2) is 30.3 Å². The standard InChI is InChI=1S/C13H15Cl/c14-10-4-8-12-7-3-6-11-5-1-2-9-13(11)12/h1-2,5,8-9H,3-4,6-7,10H2/b12-8+. The van der Waals surface area contributed by atoms with Gasteiger partial charge in [0, 0.05) is 5.88 Å². The van der Waals surface area contributed by atoms with Gasteiger partial charge in [-0.05, 0) is 42.4 Å². The maximum Gasteiger partial charge on any atom is 0.0258 e. The van der Waals surface area contributed by atoms with Crippen molar-refractivity contribution < 1.29 is 0 Å². The van der Waals surface area contributed by atoms with Crippen LogP contribution in [-0.2, 0) is 6.42 Å². The molecular weight excluding hydrogens is 192 g/mol. The predicted octanol–water partition coefficient (Wildman–Crippen LogP) is 4.04. The van der Waals surface area contributed by atoms with Gasteiger partial charge in [0.25, 0.3) is 0 Å². The summed E-state index contributed by atoms with van der Waals surface area (Å²) in [6, 6.07) is 8.72. The highest BCUT2D eigenvalue weighted by Gasteiger charge is 2.12. The molecule has 0 saturated heterocycles. The van der Waals surface area contributed by atoms with E-state index in [1.54, 1.807) is 0 Å². The summed E-state index contributed by atoms with van der Waals surface area (Å²) < 4.78 is 0. The van der Waals surface area contributed by atoms with Crippen molar-refractivity contribution in [1.82, 2.24) is 0 Å². The maximum atomic E-state index is 5.70. The second kappa shape index (κ2) is 4.65. The van der Waals surface area contributed by atoms with E-state index in [9.17, 15) is 0 Å². The number of alkyl halides is 1. The molecule has 0 fully saturated rings. The molecule has 1 aromatic carbocycles. The first-order chi connectivity index (χ1) is 6.92. The molecule has 0 unspecified atom stereocenters. The highest BCUT2D eigenvalue weighted by molar-refractivity contribution is 6.17. The summed E-state index contributed by atoms with van der Waals surface area (Å²) in [4.78, 5) is 0. The van der Waals surface area contributed by atoms with Crippen LogP contribution < -0.4 is 0 Å². The largest absolute Gasteiger partial charge is 0.126 e. The van der Waals surface area contributed by atoms with Crippen LogP contribution in [0.3, 0.4) is 0 Å². The number of rotatable bonds is 2. The first kappa shape index (κ1) is 9.79. The Kier molecular flexibility index (Phi) is 3.26. The molecule has 0 saturated carbocycles. The highest BCUT2D eigenvalue weighted by atomic mass is 35.5. The van der Waals surface area contributed by atoms with E-state index in [1.807, 2.05) is 0 Å². The van der Waals surface area contributed by atoms with Gasteiger partial charge >= 0.3 is 0 Å². The minimum absolute atomic E-state index is 0.728. The van der Waals surface area contributed by atoms with Crippen molar-refractivity contribution >= 4 is 17.2 Å². The monoisotopic (exact) mass is 206 g/mol. The molecule has 0 bridgehead atoms. The Morgan fingerprint density at radius 1 is 1.21 bits per heavy atom. The van der Waals surface area contributed by atoms with E-state index in [1.165, 1.54) is 36.0 Å². The Balaban J connectivity index is 2.31. The van der Waals surface area contributed by atoms with Crippen molar-refractivity contribution in [2.75, 3.05) is 5.88 Å². The second-order valence-corrected chi connectivity index (χ2v) is 4.10. The van der Waals surface area contributed by atoms with Gasteiger partial charge < -0.3 is 0 Å². The van der Waals surface area contributed by atoms with E-state index >= 15 is 0 Å². The van der Waals surface area contributed by atoms with Gasteiger partial charge in [0.1, 0.15) is 0 Å². The van der Waals surface area contributed by atoms with Crippen molar-refractivity contribution in [3.05, 3.63) is 41.5 Å². The van der Waals surface area contributed by atoms with Crippen LogP contribution in [0.2, 0.25) is 0 Å². The van der Waals surface area contributed by atoms with E-state index in [0.717, 1.165) is 12.3 Å². The maximum absolute atomic E-state index is 5.70. The fourth-order valence-corrected chi connectivity index (χ4v) is 2.21. The molecule has 0 aliphatic heterocycles. The first-order valence-corrected chi connectivity index (χ1v) is 5.78. The summed E-state index contributed by atoms with van der Waals surface area (Å²) in [5, 5.41) is 0. The Morgan fingerprint density at radius 2 is 2.07 bits per heavy atom. The summed E-state index contributed by atoms with van der Waals surface area (Å²) in [5.41, 5.74) is 4.44. The number of hydrogen-bond acceptors (Lipinski definition) is 0. The molecule has 0 aromatic heterocycles. The topological polar surface area (TPSA) is 0 Å². The van der Waals surface area contributed by atoms with Crippen molar-refractivity contribution in [2.45, 2.75) is 25.7 Å². The third-order valence-corrected chi connectivity index (χ3v) is 2.97. The number of hydrogen-bond donors (Lipinski definition) is 0. The lowest BCUT2D eigenvalue weighted by Gasteiger charge is -2.18. The van der Waals surface area contributed by atoms with Gasteiger partial charge in [-0.15, -0.1) is 11.6 Å². The molecule has 0 N–H and O–H groups in total. The SMILES string of the molecule is ClCC/C=C1\CCCc2ccccc21.